The lowest BCUT2D eigenvalue weighted by Crippen LogP contribution is -2.10. The molecule has 0 aliphatic carbocycles. The molecule has 2 heterocycles. The number of benzene rings is 1. The molecule has 9 heteroatoms. The average molecular weight is 379 g/mol. The largest absolute Gasteiger partial charge is 0.298 e. The summed E-state index contributed by atoms with van der Waals surface area (Å²) in [7, 11) is -3.30. The van der Waals surface area contributed by atoms with Gasteiger partial charge in [0.25, 0.3) is 5.91 Å². The molecule has 6 nitrogen and oxygen atoms in total. The van der Waals surface area contributed by atoms with Crippen LogP contribution in [0.3, 0.4) is 0 Å². The minimum Gasteiger partial charge on any atom is -0.298 e. The van der Waals surface area contributed by atoms with E-state index < -0.39 is 10.0 Å². The summed E-state index contributed by atoms with van der Waals surface area (Å²) in [5.41, 5.74) is 2.64. The molecule has 0 fully saturated rings. The number of aromatic nitrogens is 1. The summed E-state index contributed by atoms with van der Waals surface area (Å²) in [5, 5.41) is 8.73. The van der Waals surface area contributed by atoms with Crippen molar-refractivity contribution in [1.29, 1.82) is 0 Å². The zero-order chi connectivity index (χ0) is 17.2. The van der Waals surface area contributed by atoms with Crippen LogP contribution in [0.5, 0.6) is 0 Å². The number of hydrogen-bond donors (Lipinski definition) is 2. The molecule has 0 atom stereocenters. The maximum Gasteiger partial charge on any atom is 0.258 e. The van der Waals surface area contributed by atoms with E-state index in [1.807, 2.05) is 10.8 Å². The Kier molecular flexibility index (Phi) is 4.65. The third kappa shape index (κ3) is 4.19. The van der Waals surface area contributed by atoms with Gasteiger partial charge in [0, 0.05) is 22.0 Å². The molecule has 3 aromatic rings. The lowest BCUT2D eigenvalue weighted by Gasteiger charge is -2.04. The van der Waals surface area contributed by atoms with Crippen LogP contribution in [0, 0.1) is 0 Å². The van der Waals surface area contributed by atoms with E-state index in [9.17, 15) is 13.2 Å². The van der Waals surface area contributed by atoms with Gasteiger partial charge < -0.3 is 0 Å². The number of nitrogens with zero attached hydrogens (tertiary/aromatic N) is 1. The van der Waals surface area contributed by atoms with Crippen LogP contribution < -0.4 is 10.0 Å². The van der Waals surface area contributed by atoms with Gasteiger partial charge >= 0.3 is 0 Å². The molecule has 1 aromatic carbocycles. The second-order valence-corrected chi connectivity index (χ2v) is 8.34. The molecule has 0 spiro atoms. The summed E-state index contributed by atoms with van der Waals surface area (Å²) >= 11 is 2.79. The highest BCUT2D eigenvalue weighted by atomic mass is 32.2. The number of thiophene rings is 1. The third-order valence-corrected chi connectivity index (χ3v) is 5.04. The Labute approximate surface area is 147 Å². The fourth-order valence-corrected chi connectivity index (χ4v) is 3.86. The predicted octanol–water partition coefficient (Wildman–Crippen LogP) is 3.50. The van der Waals surface area contributed by atoms with Crippen molar-refractivity contribution in [2.45, 2.75) is 0 Å². The molecule has 1 amide bonds. The van der Waals surface area contributed by atoms with Gasteiger partial charge in [-0.1, -0.05) is 12.1 Å². The Bertz CT molecular complexity index is 946. The highest BCUT2D eigenvalue weighted by Crippen LogP contribution is 2.26. The highest BCUT2D eigenvalue weighted by molar-refractivity contribution is 7.92. The molecule has 0 radical (unpaired) electrons. The normalized spacial score (nSPS) is 11.2. The average Bonchev–Trinajstić information content (AvgIpc) is 3.17. The zero-order valence-electron chi connectivity index (χ0n) is 12.5. The first-order valence-electron chi connectivity index (χ1n) is 6.78. The molecule has 124 valence electrons. The predicted molar refractivity (Wildman–Crippen MR) is 98.3 cm³/mol. The van der Waals surface area contributed by atoms with E-state index in [0.717, 1.165) is 11.8 Å². The molecule has 0 aliphatic rings. The second-order valence-electron chi connectivity index (χ2n) is 4.96. The van der Waals surface area contributed by atoms with Crippen LogP contribution in [-0.4, -0.2) is 25.6 Å². The standard InChI is InChI=1S/C15H13N3O3S3/c1-24(20,21)18-12-4-2-10(3-5-12)13-9-23-15(16-13)17-14(19)11-6-7-22-8-11/h2-9,18H,1H3,(H,16,17,19). The summed E-state index contributed by atoms with van der Waals surface area (Å²) in [6.45, 7) is 0. The van der Waals surface area contributed by atoms with Gasteiger partial charge in [-0.15, -0.1) is 11.3 Å². The van der Waals surface area contributed by atoms with Crippen molar-refractivity contribution in [2.24, 2.45) is 0 Å². The molecule has 0 saturated carbocycles. The van der Waals surface area contributed by atoms with Gasteiger partial charge in [0.1, 0.15) is 0 Å². The first-order chi connectivity index (χ1) is 11.4. The molecule has 0 unspecified atom stereocenters. The van der Waals surface area contributed by atoms with Crippen LogP contribution in [0.2, 0.25) is 0 Å². The Morgan fingerprint density at radius 2 is 1.88 bits per heavy atom. The number of nitrogens with one attached hydrogen (secondary N) is 2. The lowest BCUT2D eigenvalue weighted by molar-refractivity contribution is 0.102. The fraction of sp³-hybridized carbons (Fsp3) is 0.0667. The van der Waals surface area contributed by atoms with Gasteiger partial charge in [0.2, 0.25) is 10.0 Å². The van der Waals surface area contributed by atoms with Gasteiger partial charge in [0.05, 0.1) is 17.5 Å². The number of thiazole rings is 1. The van der Waals surface area contributed by atoms with Gasteiger partial charge in [0.15, 0.2) is 5.13 Å². The second kappa shape index (κ2) is 6.71. The van der Waals surface area contributed by atoms with E-state index in [0.29, 0.717) is 22.1 Å². The van der Waals surface area contributed by atoms with E-state index in [4.69, 9.17) is 0 Å². The van der Waals surface area contributed by atoms with Crippen molar-refractivity contribution in [3.05, 3.63) is 52.0 Å². The molecular weight excluding hydrogens is 366 g/mol. The monoisotopic (exact) mass is 379 g/mol. The van der Waals surface area contributed by atoms with E-state index in [1.165, 1.54) is 22.7 Å². The molecule has 2 N–H and O–H groups in total. The molecule has 2 aromatic heterocycles. The topological polar surface area (TPSA) is 88.2 Å². The van der Waals surface area contributed by atoms with Crippen LogP contribution in [-0.2, 0) is 10.0 Å². The van der Waals surface area contributed by atoms with Gasteiger partial charge in [-0.2, -0.15) is 11.3 Å². The molecule has 0 bridgehead atoms. The maximum absolute atomic E-state index is 12.0. The minimum absolute atomic E-state index is 0.190. The molecule has 0 aliphatic heterocycles. The summed E-state index contributed by atoms with van der Waals surface area (Å²) in [6, 6.07) is 8.63. The summed E-state index contributed by atoms with van der Waals surface area (Å²) in [4.78, 5) is 16.4. The highest BCUT2D eigenvalue weighted by Gasteiger charge is 2.10. The first kappa shape index (κ1) is 16.6. The number of anilines is 2. The summed E-state index contributed by atoms with van der Waals surface area (Å²) in [5.74, 6) is -0.190. The van der Waals surface area contributed by atoms with Crippen molar-refractivity contribution in [3.63, 3.8) is 0 Å². The van der Waals surface area contributed by atoms with E-state index in [1.54, 1.807) is 35.7 Å². The number of carbonyl (C=O) groups is 1. The number of sulfonamides is 1. The Morgan fingerprint density at radius 1 is 1.12 bits per heavy atom. The van der Waals surface area contributed by atoms with E-state index >= 15 is 0 Å². The summed E-state index contributed by atoms with van der Waals surface area (Å²) < 4.78 is 24.8. The number of rotatable bonds is 5. The van der Waals surface area contributed by atoms with Gasteiger partial charge in [-0.05, 0) is 23.6 Å². The van der Waals surface area contributed by atoms with Gasteiger partial charge in [-0.25, -0.2) is 13.4 Å². The van der Waals surface area contributed by atoms with Crippen LogP contribution in [0.25, 0.3) is 11.3 Å². The zero-order valence-corrected chi connectivity index (χ0v) is 15.0. The quantitative estimate of drug-likeness (QED) is 0.710. The number of hydrogen-bond acceptors (Lipinski definition) is 6. The minimum atomic E-state index is -3.30. The Hall–Kier alpha value is -2.23. The van der Waals surface area contributed by atoms with Crippen molar-refractivity contribution in [1.82, 2.24) is 4.98 Å². The molecule has 0 saturated heterocycles. The first-order valence-corrected chi connectivity index (χ1v) is 10.5. The van der Waals surface area contributed by atoms with E-state index in [-0.39, 0.29) is 5.91 Å². The van der Waals surface area contributed by atoms with E-state index in [2.05, 4.69) is 15.0 Å². The van der Waals surface area contributed by atoms with Crippen LogP contribution in [0.4, 0.5) is 10.8 Å². The molecular formula is C15H13N3O3S3. The van der Waals surface area contributed by atoms with Crippen molar-refractivity contribution in [2.75, 3.05) is 16.3 Å². The Morgan fingerprint density at radius 3 is 2.50 bits per heavy atom. The maximum atomic E-state index is 12.0. The Balaban J connectivity index is 1.72. The van der Waals surface area contributed by atoms with Crippen molar-refractivity contribution >= 4 is 49.4 Å². The molecule has 24 heavy (non-hydrogen) atoms. The number of carbonyl (C=O) groups excluding carboxylic acids is 1. The fourth-order valence-electron chi connectivity index (χ4n) is 1.95. The van der Waals surface area contributed by atoms with Gasteiger partial charge in [-0.3, -0.25) is 14.8 Å². The van der Waals surface area contributed by atoms with Crippen molar-refractivity contribution < 1.29 is 13.2 Å². The SMILES string of the molecule is CS(=O)(=O)Nc1ccc(-c2csc(NC(=O)c3ccsc3)n2)cc1. The lowest BCUT2D eigenvalue weighted by atomic mass is 10.1. The van der Waals surface area contributed by atoms with Crippen LogP contribution in [0.1, 0.15) is 10.4 Å². The summed E-state index contributed by atoms with van der Waals surface area (Å²) in [6.07, 6.45) is 1.10. The molecule has 3 rings (SSSR count). The third-order valence-electron chi connectivity index (χ3n) is 2.99. The van der Waals surface area contributed by atoms with Crippen LogP contribution in [0.15, 0.2) is 46.5 Å². The number of amides is 1. The van der Waals surface area contributed by atoms with Crippen LogP contribution >= 0.6 is 22.7 Å². The van der Waals surface area contributed by atoms with Crippen molar-refractivity contribution in [3.8, 4) is 11.3 Å². The smallest absolute Gasteiger partial charge is 0.258 e.